The first-order valence-corrected chi connectivity index (χ1v) is 8.65. The number of aromatic hydroxyl groups is 1. The zero-order valence-electron chi connectivity index (χ0n) is 15.2. The first kappa shape index (κ1) is 19.6. The van der Waals surface area contributed by atoms with Gasteiger partial charge in [-0.05, 0) is 25.5 Å². The highest BCUT2D eigenvalue weighted by molar-refractivity contribution is 5.91. The summed E-state index contributed by atoms with van der Waals surface area (Å²) in [6, 6.07) is 4.89. The number of hydrogen-bond acceptors (Lipinski definition) is 7. The predicted molar refractivity (Wildman–Crippen MR) is 95.9 cm³/mol. The van der Waals surface area contributed by atoms with Crippen LogP contribution >= 0.6 is 0 Å². The minimum atomic E-state index is -0.730. The van der Waals surface area contributed by atoms with Gasteiger partial charge in [0, 0.05) is 13.3 Å². The van der Waals surface area contributed by atoms with E-state index in [1.807, 2.05) is 6.92 Å². The lowest BCUT2D eigenvalue weighted by atomic mass is 10.2. The highest BCUT2D eigenvalue weighted by Crippen LogP contribution is 2.37. The van der Waals surface area contributed by atoms with Crippen molar-refractivity contribution in [2.45, 2.75) is 46.1 Å². The Morgan fingerprint density at radius 3 is 2.73 bits per heavy atom. The number of unbranched alkanes of at least 4 members (excludes halogenated alkanes) is 1. The van der Waals surface area contributed by atoms with Gasteiger partial charge in [0.05, 0.1) is 13.2 Å². The first-order chi connectivity index (χ1) is 12.4. The van der Waals surface area contributed by atoms with Gasteiger partial charge >= 0.3 is 11.6 Å². The van der Waals surface area contributed by atoms with Crippen molar-refractivity contribution in [3.63, 3.8) is 0 Å². The molecule has 0 spiro atoms. The summed E-state index contributed by atoms with van der Waals surface area (Å²) in [5.41, 5.74) is -0.521. The molecule has 7 heteroatoms. The average molecular weight is 364 g/mol. The maximum Gasteiger partial charge on any atom is 0.383 e. The van der Waals surface area contributed by atoms with E-state index in [1.165, 1.54) is 6.92 Å². The van der Waals surface area contributed by atoms with E-state index in [1.54, 1.807) is 25.1 Å². The van der Waals surface area contributed by atoms with Gasteiger partial charge in [0.1, 0.15) is 22.8 Å². The fraction of sp³-hybridized carbons (Fsp3) is 0.474. The maximum absolute atomic E-state index is 12.0. The van der Waals surface area contributed by atoms with Crippen molar-refractivity contribution >= 4 is 16.9 Å². The molecule has 1 aromatic carbocycles. The number of ether oxygens (including phenoxy) is 3. The van der Waals surface area contributed by atoms with Crippen molar-refractivity contribution in [2.75, 3.05) is 13.2 Å². The van der Waals surface area contributed by atoms with Gasteiger partial charge in [-0.1, -0.05) is 19.4 Å². The molecule has 1 N–H and O–H groups in total. The molecular weight excluding hydrogens is 340 g/mol. The molecule has 7 nitrogen and oxygen atoms in total. The molecular formula is C19H24O7. The Morgan fingerprint density at radius 2 is 2.04 bits per heavy atom. The zero-order chi connectivity index (χ0) is 19.1. The van der Waals surface area contributed by atoms with Crippen LogP contribution in [0.3, 0.4) is 0 Å². The Hall–Kier alpha value is -2.70. The predicted octanol–water partition coefficient (Wildman–Crippen LogP) is 3.40. The lowest BCUT2D eigenvalue weighted by Gasteiger charge is -2.14. The standard InChI is InChI=1S/C19H24O7/c1-4-5-10-24-18-17(21)16-14(7-6-8-15(16)26-19(18)22)23-11-9-12(2)25-13(3)20/h6-8,12,21H,4-5,9-11H2,1-3H3. The Bertz CT molecular complexity index is 809. The molecule has 1 heterocycles. The fourth-order valence-electron chi connectivity index (χ4n) is 2.43. The summed E-state index contributed by atoms with van der Waals surface area (Å²) in [4.78, 5) is 23.0. The van der Waals surface area contributed by atoms with Crippen molar-refractivity contribution in [1.29, 1.82) is 0 Å². The van der Waals surface area contributed by atoms with Crippen LogP contribution in [0.1, 0.15) is 40.0 Å². The number of esters is 1. The van der Waals surface area contributed by atoms with Gasteiger partial charge in [-0.2, -0.15) is 0 Å². The minimum Gasteiger partial charge on any atom is -0.503 e. The largest absolute Gasteiger partial charge is 0.503 e. The van der Waals surface area contributed by atoms with Crippen molar-refractivity contribution in [3.05, 3.63) is 28.6 Å². The third kappa shape index (κ3) is 4.91. The molecule has 1 atom stereocenters. The molecule has 1 aromatic heterocycles. The Morgan fingerprint density at radius 1 is 1.27 bits per heavy atom. The van der Waals surface area contributed by atoms with E-state index >= 15 is 0 Å². The normalized spacial score (nSPS) is 12.0. The molecule has 0 bridgehead atoms. The Kier molecular flexibility index (Phi) is 6.89. The van der Waals surface area contributed by atoms with Gasteiger partial charge in [-0.3, -0.25) is 4.79 Å². The third-order valence-electron chi connectivity index (χ3n) is 3.72. The van der Waals surface area contributed by atoms with Crippen LogP contribution in [0, 0.1) is 0 Å². The van der Waals surface area contributed by atoms with Crippen molar-refractivity contribution in [3.8, 4) is 17.2 Å². The summed E-state index contributed by atoms with van der Waals surface area (Å²) >= 11 is 0. The van der Waals surface area contributed by atoms with Crippen LogP contribution in [-0.2, 0) is 9.53 Å². The van der Waals surface area contributed by atoms with Gasteiger partial charge in [-0.15, -0.1) is 0 Å². The number of benzene rings is 1. The van der Waals surface area contributed by atoms with Crippen molar-refractivity contribution < 1.29 is 28.5 Å². The summed E-state index contributed by atoms with van der Waals surface area (Å²) in [6.07, 6.45) is 1.84. The van der Waals surface area contributed by atoms with E-state index in [9.17, 15) is 14.7 Å². The molecule has 0 aliphatic heterocycles. The van der Waals surface area contributed by atoms with Gasteiger partial charge in [0.15, 0.2) is 5.75 Å². The highest BCUT2D eigenvalue weighted by atomic mass is 16.5. The summed E-state index contributed by atoms with van der Waals surface area (Å²) in [7, 11) is 0. The number of hydrogen-bond donors (Lipinski definition) is 1. The summed E-state index contributed by atoms with van der Waals surface area (Å²) in [5, 5.41) is 10.8. The molecule has 0 aliphatic carbocycles. The van der Waals surface area contributed by atoms with Gasteiger partial charge in [0.2, 0.25) is 5.75 Å². The van der Waals surface area contributed by atoms with Crippen LogP contribution in [0.25, 0.3) is 11.0 Å². The van der Waals surface area contributed by atoms with Crippen molar-refractivity contribution in [2.24, 2.45) is 0 Å². The Balaban J connectivity index is 2.22. The van der Waals surface area contributed by atoms with E-state index in [4.69, 9.17) is 18.6 Å². The van der Waals surface area contributed by atoms with Gasteiger partial charge < -0.3 is 23.7 Å². The highest BCUT2D eigenvalue weighted by Gasteiger charge is 2.19. The third-order valence-corrected chi connectivity index (χ3v) is 3.72. The lowest BCUT2D eigenvalue weighted by Crippen LogP contribution is -2.15. The summed E-state index contributed by atoms with van der Waals surface area (Å²) in [6.45, 7) is 5.68. The van der Waals surface area contributed by atoms with Crippen LogP contribution in [0.5, 0.6) is 17.2 Å². The molecule has 0 saturated carbocycles. The SMILES string of the molecule is CCCCOc1c(O)c2c(OCCC(C)OC(C)=O)cccc2oc1=O. The van der Waals surface area contributed by atoms with Gasteiger partial charge in [0.25, 0.3) is 0 Å². The molecule has 1 unspecified atom stereocenters. The van der Waals surface area contributed by atoms with Crippen LogP contribution in [0.15, 0.2) is 27.4 Å². The van der Waals surface area contributed by atoms with E-state index < -0.39 is 5.63 Å². The topological polar surface area (TPSA) is 95.2 Å². The van der Waals surface area contributed by atoms with E-state index in [0.29, 0.717) is 18.8 Å². The molecule has 0 saturated heterocycles. The molecule has 26 heavy (non-hydrogen) atoms. The molecule has 0 fully saturated rings. The van der Waals surface area contributed by atoms with Gasteiger partial charge in [-0.25, -0.2) is 4.79 Å². The van der Waals surface area contributed by atoms with Crippen LogP contribution in [-0.4, -0.2) is 30.4 Å². The second-order valence-electron chi connectivity index (χ2n) is 5.96. The second-order valence-corrected chi connectivity index (χ2v) is 5.96. The molecule has 0 aliphatic rings. The number of carbonyl (C=O) groups is 1. The summed E-state index contributed by atoms with van der Waals surface area (Å²) < 4.78 is 21.4. The summed E-state index contributed by atoms with van der Waals surface area (Å²) in [5.74, 6) is -0.499. The van der Waals surface area contributed by atoms with Crippen LogP contribution < -0.4 is 15.1 Å². The molecule has 2 rings (SSSR count). The maximum atomic E-state index is 12.0. The monoisotopic (exact) mass is 364 g/mol. The number of rotatable bonds is 9. The molecule has 0 amide bonds. The Labute approximate surface area is 151 Å². The smallest absolute Gasteiger partial charge is 0.383 e. The lowest BCUT2D eigenvalue weighted by molar-refractivity contribution is -0.145. The average Bonchev–Trinajstić information content (AvgIpc) is 2.57. The quantitative estimate of drug-likeness (QED) is 0.414. The number of fused-ring (bicyclic) bond motifs is 1. The minimum absolute atomic E-state index is 0.209. The first-order valence-electron chi connectivity index (χ1n) is 8.65. The fourth-order valence-corrected chi connectivity index (χ4v) is 2.43. The molecule has 0 radical (unpaired) electrons. The van der Waals surface area contributed by atoms with Crippen LogP contribution in [0.2, 0.25) is 0 Å². The van der Waals surface area contributed by atoms with Crippen LogP contribution in [0.4, 0.5) is 0 Å². The number of carbonyl (C=O) groups excluding carboxylic acids is 1. The second kappa shape index (κ2) is 9.12. The molecule has 2 aromatic rings. The van der Waals surface area contributed by atoms with E-state index in [0.717, 1.165) is 12.8 Å². The molecule has 142 valence electrons. The van der Waals surface area contributed by atoms with Crippen molar-refractivity contribution in [1.82, 2.24) is 0 Å². The van der Waals surface area contributed by atoms with E-state index in [-0.39, 0.29) is 41.1 Å². The van der Waals surface area contributed by atoms with E-state index in [2.05, 4.69) is 0 Å². The zero-order valence-corrected chi connectivity index (χ0v) is 15.2.